The van der Waals surface area contributed by atoms with E-state index in [1.807, 2.05) is 12.3 Å². The van der Waals surface area contributed by atoms with Gasteiger partial charge in [0.1, 0.15) is 4.34 Å². The number of aliphatic hydroxyl groups excluding tert-OH is 1. The van der Waals surface area contributed by atoms with Crippen LogP contribution in [-0.4, -0.2) is 28.5 Å². The van der Waals surface area contributed by atoms with Crippen molar-refractivity contribution in [2.24, 2.45) is 5.73 Å². The van der Waals surface area contributed by atoms with Crippen molar-refractivity contribution >= 4 is 23.1 Å². The van der Waals surface area contributed by atoms with E-state index in [1.54, 1.807) is 23.1 Å². The predicted octanol–water partition coefficient (Wildman–Crippen LogP) is 1.25. The third-order valence-corrected chi connectivity index (χ3v) is 3.72. The van der Waals surface area contributed by atoms with E-state index in [1.165, 1.54) is 0 Å². The number of hydrogen-bond acceptors (Lipinski definition) is 5. The van der Waals surface area contributed by atoms with Gasteiger partial charge < -0.3 is 10.8 Å². The summed E-state index contributed by atoms with van der Waals surface area (Å²) in [7, 11) is 0. The molecule has 5 heteroatoms. The van der Waals surface area contributed by atoms with Crippen molar-refractivity contribution in [2.75, 3.05) is 12.4 Å². The number of hydrogen-bond donors (Lipinski definition) is 2. The summed E-state index contributed by atoms with van der Waals surface area (Å²) in [5.41, 5.74) is 6.63. The van der Waals surface area contributed by atoms with Crippen LogP contribution in [-0.2, 0) is 0 Å². The van der Waals surface area contributed by atoms with Crippen molar-refractivity contribution in [3.8, 4) is 0 Å². The molecule has 1 atom stereocenters. The van der Waals surface area contributed by atoms with Gasteiger partial charge in [-0.25, -0.2) is 4.98 Å². The largest absolute Gasteiger partial charge is 0.395 e. The lowest BCUT2D eigenvalue weighted by molar-refractivity contribution is 0.264. The van der Waals surface area contributed by atoms with E-state index in [9.17, 15) is 0 Å². The van der Waals surface area contributed by atoms with Gasteiger partial charge in [-0.15, -0.1) is 11.3 Å². The first-order valence-electron chi connectivity index (χ1n) is 4.13. The quantitative estimate of drug-likeness (QED) is 0.730. The molecule has 0 radical (unpaired) electrons. The van der Waals surface area contributed by atoms with Gasteiger partial charge in [0, 0.05) is 22.9 Å². The molecule has 1 heterocycles. The molecule has 1 unspecified atom stereocenters. The first kappa shape index (κ1) is 11.0. The Morgan fingerprint density at radius 3 is 3.08 bits per heavy atom. The fraction of sp³-hybridized carbons (Fsp3) is 0.625. The third kappa shape index (κ3) is 4.08. The van der Waals surface area contributed by atoms with Crippen molar-refractivity contribution in [1.82, 2.24) is 4.98 Å². The Kier molecular flexibility index (Phi) is 4.72. The Bertz CT molecular complexity index is 252. The van der Waals surface area contributed by atoms with E-state index in [4.69, 9.17) is 10.8 Å². The van der Waals surface area contributed by atoms with Crippen LogP contribution in [0.5, 0.6) is 0 Å². The van der Waals surface area contributed by atoms with E-state index >= 15 is 0 Å². The monoisotopic (exact) mass is 218 g/mol. The zero-order chi connectivity index (χ0) is 9.68. The van der Waals surface area contributed by atoms with Crippen LogP contribution in [0.1, 0.15) is 12.1 Å². The molecule has 0 fully saturated rings. The predicted molar refractivity (Wildman–Crippen MR) is 57.3 cm³/mol. The number of thiazole rings is 1. The second kappa shape index (κ2) is 5.59. The average Bonchev–Trinajstić information content (AvgIpc) is 2.51. The van der Waals surface area contributed by atoms with Crippen LogP contribution in [0, 0.1) is 6.92 Å². The van der Waals surface area contributed by atoms with Crippen molar-refractivity contribution in [3.05, 3.63) is 11.1 Å². The SMILES string of the molecule is Cc1csc(SCCC(N)CO)n1. The second-order valence-electron chi connectivity index (χ2n) is 2.83. The lowest BCUT2D eigenvalue weighted by Crippen LogP contribution is -2.24. The number of nitrogens with two attached hydrogens (primary N) is 1. The summed E-state index contributed by atoms with van der Waals surface area (Å²) in [6.07, 6.45) is 0.833. The molecule has 0 aliphatic carbocycles. The van der Waals surface area contributed by atoms with Gasteiger partial charge in [0.2, 0.25) is 0 Å². The van der Waals surface area contributed by atoms with Crippen LogP contribution in [0.15, 0.2) is 9.72 Å². The summed E-state index contributed by atoms with van der Waals surface area (Å²) in [4.78, 5) is 4.31. The standard InChI is InChI=1S/C8H14N2OS2/c1-6-5-13-8(10-6)12-3-2-7(9)4-11/h5,7,11H,2-4,9H2,1H3. The molecule has 3 nitrogen and oxygen atoms in total. The van der Waals surface area contributed by atoms with Gasteiger partial charge in [0.15, 0.2) is 0 Å². The second-order valence-corrected chi connectivity index (χ2v) is 5.03. The van der Waals surface area contributed by atoms with Gasteiger partial charge in [0.25, 0.3) is 0 Å². The molecule has 3 N–H and O–H groups in total. The van der Waals surface area contributed by atoms with Crippen LogP contribution < -0.4 is 5.73 Å². The summed E-state index contributed by atoms with van der Waals surface area (Å²) in [6.45, 7) is 2.05. The number of aromatic nitrogens is 1. The van der Waals surface area contributed by atoms with Gasteiger partial charge in [0.05, 0.1) is 6.61 Å². The van der Waals surface area contributed by atoms with Crippen LogP contribution in [0.2, 0.25) is 0 Å². The molecule has 0 bridgehead atoms. The van der Waals surface area contributed by atoms with Crippen LogP contribution in [0.25, 0.3) is 0 Å². The van der Waals surface area contributed by atoms with Crippen molar-refractivity contribution < 1.29 is 5.11 Å². The van der Waals surface area contributed by atoms with Gasteiger partial charge in [-0.05, 0) is 13.3 Å². The lowest BCUT2D eigenvalue weighted by Gasteiger charge is -2.05. The van der Waals surface area contributed by atoms with Crippen LogP contribution in [0.4, 0.5) is 0 Å². The Labute approximate surface area is 86.4 Å². The summed E-state index contributed by atoms with van der Waals surface area (Å²) in [6, 6.07) is -0.0893. The molecule has 1 aromatic rings. The fourth-order valence-electron chi connectivity index (χ4n) is 0.788. The smallest absolute Gasteiger partial charge is 0.150 e. The van der Waals surface area contributed by atoms with Gasteiger partial charge in [-0.1, -0.05) is 11.8 Å². The van der Waals surface area contributed by atoms with Gasteiger partial charge >= 0.3 is 0 Å². The third-order valence-electron chi connectivity index (χ3n) is 1.55. The van der Waals surface area contributed by atoms with Gasteiger partial charge in [-0.2, -0.15) is 0 Å². The molecule has 0 aliphatic rings. The fourth-order valence-corrected chi connectivity index (χ4v) is 2.78. The molecule has 0 saturated heterocycles. The van der Waals surface area contributed by atoms with Crippen LogP contribution >= 0.6 is 23.1 Å². The van der Waals surface area contributed by atoms with Crippen molar-refractivity contribution in [3.63, 3.8) is 0 Å². The highest BCUT2D eigenvalue weighted by atomic mass is 32.2. The van der Waals surface area contributed by atoms with Gasteiger partial charge in [-0.3, -0.25) is 0 Å². The Balaban J connectivity index is 2.20. The maximum Gasteiger partial charge on any atom is 0.150 e. The minimum Gasteiger partial charge on any atom is -0.395 e. The van der Waals surface area contributed by atoms with E-state index < -0.39 is 0 Å². The number of aryl methyl sites for hydroxylation is 1. The Hall–Kier alpha value is -0.100. The Morgan fingerprint density at radius 1 is 1.77 bits per heavy atom. The molecule has 13 heavy (non-hydrogen) atoms. The molecule has 1 aromatic heterocycles. The summed E-state index contributed by atoms with van der Waals surface area (Å²) in [5.74, 6) is 0.925. The van der Waals surface area contributed by atoms with E-state index in [-0.39, 0.29) is 12.6 Å². The molecule has 0 spiro atoms. The maximum atomic E-state index is 8.69. The summed E-state index contributed by atoms with van der Waals surface area (Å²) in [5, 5.41) is 10.7. The Morgan fingerprint density at radius 2 is 2.54 bits per heavy atom. The molecule has 0 saturated carbocycles. The lowest BCUT2D eigenvalue weighted by atomic mass is 10.3. The molecule has 0 amide bonds. The summed E-state index contributed by atoms with van der Waals surface area (Å²) < 4.78 is 1.09. The average molecular weight is 218 g/mol. The number of aliphatic hydroxyl groups is 1. The molecule has 0 aromatic carbocycles. The first-order valence-corrected chi connectivity index (χ1v) is 6.00. The van der Waals surface area contributed by atoms with E-state index in [2.05, 4.69) is 4.98 Å². The molecule has 0 aliphatic heterocycles. The first-order chi connectivity index (χ1) is 6.22. The van der Waals surface area contributed by atoms with Crippen molar-refractivity contribution in [1.29, 1.82) is 0 Å². The number of nitrogens with zero attached hydrogens (tertiary/aromatic N) is 1. The molecular formula is C8H14N2OS2. The number of thioether (sulfide) groups is 1. The normalized spacial score (nSPS) is 13.2. The topological polar surface area (TPSA) is 59.1 Å². The highest BCUT2D eigenvalue weighted by molar-refractivity contribution is 8.01. The van der Waals surface area contributed by atoms with E-state index in [0.717, 1.165) is 22.2 Å². The van der Waals surface area contributed by atoms with Crippen molar-refractivity contribution in [2.45, 2.75) is 23.7 Å². The molecule has 1 rings (SSSR count). The molecule has 74 valence electrons. The zero-order valence-corrected chi connectivity index (χ0v) is 9.20. The summed E-state index contributed by atoms with van der Waals surface area (Å²) >= 11 is 3.36. The molecular weight excluding hydrogens is 204 g/mol. The number of rotatable bonds is 5. The van der Waals surface area contributed by atoms with E-state index in [0.29, 0.717) is 0 Å². The maximum absolute atomic E-state index is 8.69. The minimum atomic E-state index is -0.0893. The highest BCUT2D eigenvalue weighted by Crippen LogP contribution is 2.22. The minimum absolute atomic E-state index is 0.0669. The highest BCUT2D eigenvalue weighted by Gasteiger charge is 2.02. The van der Waals surface area contributed by atoms with Crippen LogP contribution in [0.3, 0.4) is 0 Å². The zero-order valence-electron chi connectivity index (χ0n) is 7.56.